The number of rotatable bonds is 3. The van der Waals surface area contributed by atoms with E-state index in [9.17, 15) is 14.8 Å². The number of nitrogens with one attached hydrogen (secondary N) is 2. The number of pyridine rings is 1. The Bertz CT molecular complexity index is 636. The van der Waals surface area contributed by atoms with Crippen molar-refractivity contribution in [3.63, 3.8) is 0 Å². The summed E-state index contributed by atoms with van der Waals surface area (Å²) in [6, 6.07) is 9.85. The molecule has 21 heavy (non-hydrogen) atoms. The molecule has 0 fully saturated rings. The minimum Gasteiger partial charge on any atom is -0.619 e. The van der Waals surface area contributed by atoms with Crippen molar-refractivity contribution in [2.24, 2.45) is 0 Å². The highest BCUT2D eigenvalue weighted by Crippen LogP contribution is 2.04. The van der Waals surface area contributed by atoms with Gasteiger partial charge in [0.25, 0.3) is 11.8 Å². The van der Waals surface area contributed by atoms with Crippen molar-refractivity contribution in [2.75, 3.05) is 0 Å². The quantitative estimate of drug-likeness (QED) is 0.500. The number of carbonyl (C=O) groups is 2. The molecule has 1 aromatic heterocycles. The Labute approximate surface area is 122 Å². The number of hydrazine groups is 1. The Balaban J connectivity index is 1.93. The molecule has 6 heteroatoms. The van der Waals surface area contributed by atoms with Gasteiger partial charge in [0.2, 0.25) is 0 Å². The summed E-state index contributed by atoms with van der Waals surface area (Å²) in [5.74, 6) is -0.894. The van der Waals surface area contributed by atoms with Crippen LogP contribution in [0.3, 0.4) is 0 Å². The molecule has 0 unspecified atom stereocenters. The van der Waals surface area contributed by atoms with Gasteiger partial charge in [-0.1, -0.05) is 19.1 Å². The average Bonchev–Trinajstić information content (AvgIpc) is 2.53. The molecule has 108 valence electrons. The summed E-state index contributed by atoms with van der Waals surface area (Å²) < 4.78 is 0.574. The molecule has 0 aliphatic heterocycles. The van der Waals surface area contributed by atoms with Crippen LogP contribution in [0.4, 0.5) is 0 Å². The minimum absolute atomic E-state index is 0.281. The number of carbonyl (C=O) groups excluding carboxylic acids is 2. The molecule has 0 spiro atoms. The van der Waals surface area contributed by atoms with Crippen molar-refractivity contribution in [3.05, 3.63) is 70.7 Å². The van der Waals surface area contributed by atoms with Crippen LogP contribution < -0.4 is 15.6 Å². The van der Waals surface area contributed by atoms with Crippen LogP contribution in [0.2, 0.25) is 0 Å². The van der Waals surface area contributed by atoms with E-state index in [0.717, 1.165) is 12.0 Å². The van der Waals surface area contributed by atoms with Gasteiger partial charge >= 0.3 is 0 Å². The van der Waals surface area contributed by atoms with Gasteiger partial charge in [-0.3, -0.25) is 20.4 Å². The van der Waals surface area contributed by atoms with Crippen LogP contribution in [0.1, 0.15) is 33.2 Å². The maximum atomic E-state index is 11.9. The maximum Gasteiger partial charge on any atom is 0.270 e. The van der Waals surface area contributed by atoms with Crippen molar-refractivity contribution < 1.29 is 14.3 Å². The molecule has 0 aliphatic rings. The third-order valence-electron chi connectivity index (χ3n) is 2.98. The van der Waals surface area contributed by atoms with Crippen LogP contribution in [0.15, 0.2) is 48.8 Å². The van der Waals surface area contributed by atoms with Crippen molar-refractivity contribution in [3.8, 4) is 0 Å². The Morgan fingerprint density at radius 1 is 0.952 bits per heavy atom. The molecule has 2 amide bonds. The van der Waals surface area contributed by atoms with Gasteiger partial charge < -0.3 is 5.21 Å². The Kier molecular flexibility index (Phi) is 4.50. The molecule has 0 aliphatic carbocycles. The van der Waals surface area contributed by atoms with E-state index in [1.54, 1.807) is 12.1 Å². The molecular formula is C15H15N3O3. The fourth-order valence-electron chi connectivity index (χ4n) is 1.71. The summed E-state index contributed by atoms with van der Waals surface area (Å²) in [5, 5.41) is 10.9. The second-order valence-corrected chi connectivity index (χ2v) is 4.41. The van der Waals surface area contributed by atoms with Gasteiger partial charge in [-0.05, 0) is 24.1 Å². The first-order chi connectivity index (χ1) is 10.1. The van der Waals surface area contributed by atoms with Crippen LogP contribution in [-0.4, -0.2) is 11.8 Å². The molecule has 0 saturated carbocycles. The van der Waals surface area contributed by atoms with Crippen LogP contribution in [0.25, 0.3) is 0 Å². The van der Waals surface area contributed by atoms with Crippen molar-refractivity contribution in [2.45, 2.75) is 13.3 Å². The highest BCUT2D eigenvalue weighted by molar-refractivity contribution is 5.98. The first-order valence-corrected chi connectivity index (χ1v) is 6.48. The SMILES string of the molecule is CCc1ccc(C(=O)NNC(=O)c2cc[n+]([O-])cc2)cc1. The molecular weight excluding hydrogens is 270 g/mol. The lowest BCUT2D eigenvalue weighted by Crippen LogP contribution is -2.41. The summed E-state index contributed by atoms with van der Waals surface area (Å²) in [6.45, 7) is 2.03. The monoisotopic (exact) mass is 285 g/mol. The zero-order chi connectivity index (χ0) is 15.2. The van der Waals surface area contributed by atoms with Crippen LogP contribution in [0.5, 0.6) is 0 Å². The Hall–Kier alpha value is -2.89. The van der Waals surface area contributed by atoms with E-state index in [0.29, 0.717) is 10.3 Å². The van der Waals surface area contributed by atoms with Gasteiger partial charge in [0.15, 0.2) is 12.4 Å². The number of aromatic nitrogens is 1. The average molecular weight is 285 g/mol. The highest BCUT2D eigenvalue weighted by Gasteiger charge is 2.09. The van der Waals surface area contributed by atoms with E-state index in [4.69, 9.17) is 0 Å². The predicted octanol–water partition coefficient (Wildman–Crippen LogP) is 0.957. The standard InChI is InChI=1S/C15H15N3O3/c1-2-11-3-5-12(6-4-11)14(19)16-17-15(20)13-7-9-18(21)10-8-13/h3-10H,2H2,1H3,(H,16,19)(H,17,20). The van der Waals surface area contributed by atoms with E-state index >= 15 is 0 Å². The van der Waals surface area contributed by atoms with E-state index in [1.165, 1.54) is 24.5 Å². The molecule has 1 aromatic carbocycles. The third kappa shape index (κ3) is 3.79. The summed E-state index contributed by atoms with van der Waals surface area (Å²) in [4.78, 5) is 23.6. The maximum absolute atomic E-state index is 11.9. The molecule has 2 aromatic rings. The Morgan fingerprint density at radius 3 is 1.90 bits per heavy atom. The lowest BCUT2D eigenvalue weighted by atomic mass is 10.1. The van der Waals surface area contributed by atoms with Crippen molar-refractivity contribution in [1.29, 1.82) is 0 Å². The van der Waals surface area contributed by atoms with Crippen molar-refractivity contribution >= 4 is 11.8 Å². The lowest BCUT2D eigenvalue weighted by Gasteiger charge is -2.07. The fraction of sp³-hybridized carbons (Fsp3) is 0.133. The predicted molar refractivity (Wildman–Crippen MR) is 76.2 cm³/mol. The third-order valence-corrected chi connectivity index (χ3v) is 2.98. The molecule has 6 nitrogen and oxygen atoms in total. The molecule has 0 atom stereocenters. The normalized spacial score (nSPS) is 9.95. The Morgan fingerprint density at radius 2 is 1.43 bits per heavy atom. The van der Waals surface area contributed by atoms with Crippen LogP contribution >= 0.6 is 0 Å². The molecule has 0 bridgehead atoms. The largest absolute Gasteiger partial charge is 0.619 e. The zero-order valence-electron chi connectivity index (χ0n) is 11.5. The topological polar surface area (TPSA) is 85.1 Å². The van der Waals surface area contributed by atoms with E-state index < -0.39 is 11.8 Å². The van der Waals surface area contributed by atoms with Gasteiger partial charge in [0, 0.05) is 17.7 Å². The second kappa shape index (κ2) is 6.51. The van der Waals surface area contributed by atoms with Gasteiger partial charge in [0.1, 0.15) is 0 Å². The van der Waals surface area contributed by atoms with E-state index in [-0.39, 0.29) is 5.56 Å². The number of hydrogen-bond acceptors (Lipinski definition) is 3. The number of nitrogens with zero attached hydrogens (tertiary/aromatic N) is 1. The zero-order valence-corrected chi connectivity index (χ0v) is 11.5. The van der Waals surface area contributed by atoms with E-state index in [1.807, 2.05) is 19.1 Å². The first kappa shape index (κ1) is 14.5. The van der Waals surface area contributed by atoms with Gasteiger partial charge in [-0.2, -0.15) is 4.73 Å². The minimum atomic E-state index is -0.492. The summed E-state index contributed by atoms with van der Waals surface area (Å²) in [6.07, 6.45) is 3.31. The lowest BCUT2D eigenvalue weighted by molar-refractivity contribution is -0.605. The summed E-state index contributed by atoms with van der Waals surface area (Å²) in [7, 11) is 0. The smallest absolute Gasteiger partial charge is 0.270 e. The fourth-order valence-corrected chi connectivity index (χ4v) is 1.71. The van der Waals surface area contributed by atoms with Crippen LogP contribution in [-0.2, 0) is 6.42 Å². The number of amides is 2. The van der Waals surface area contributed by atoms with Gasteiger partial charge in [-0.15, -0.1) is 0 Å². The second-order valence-electron chi connectivity index (χ2n) is 4.41. The number of aryl methyl sites for hydroxylation is 1. The van der Waals surface area contributed by atoms with Gasteiger partial charge in [0.05, 0.1) is 5.56 Å². The summed E-state index contributed by atoms with van der Waals surface area (Å²) >= 11 is 0. The van der Waals surface area contributed by atoms with Gasteiger partial charge in [-0.25, -0.2) is 0 Å². The molecule has 0 radical (unpaired) electrons. The summed E-state index contributed by atoms with van der Waals surface area (Å²) in [5.41, 5.74) is 6.49. The molecule has 2 rings (SSSR count). The molecule has 2 N–H and O–H groups in total. The number of benzene rings is 1. The van der Waals surface area contributed by atoms with E-state index in [2.05, 4.69) is 10.9 Å². The molecule has 0 saturated heterocycles. The first-order valence-electron chi connectivity index (χ1n) is 6.48. The molecule has 1 heterocycles. The van der Waals surface area contributed by atoms with Crippen molar-refractivity contribution in [1.82, 2.24) is 10.9 Å². The highest BCUT2D eigenvalue weighted by atomic mass is 16.5. The van der Waals surface area contributed by atoms with Crippen LogP contribution in [0, 0.1) is 5.21 Å². The number of hydrogen-bond donors (Lipinski definition) is 2.